The Balaban J connectivity index is 2.23. The lowest BCUT2D eigenvalue weighted by Crippen LogP contribution is -2.30. The topological polar surface area (TPSA) is 67.9 Å². The van der Waals surface area contributed by atoms with E-state index < -0.39 is 0 Å². The Morgan fingerprint density at radius 3 is 2.41 bits per heavy atom. The molecular weight excluding hydrogens is 392 g/mol. The maximum absolute atomic E-state index is 12.7. The van der Waals surface area contributed by atoms with Gasteiger partial charge in [0.1, 0.15) is 0 Å². The fraction of sp³-hybridized carbons (Fsp3) is 0.364. The first kappa shape index (κ1) is 22.6. The summed E-state index contributed by atoms with van der Waals surface area (Å²) in [7, 11) is 1.49. The zero-order valence-corrected chi connectivity index (χ0v) is 18.0. The van der Waals surface area contributed by atoms with Crippen LogP contribution in [0, 0.1) is 0 Å². The van der Waals surface area contributed by atoms with E-state index in [2.05, 4.69) is 5.32 Å². The van der Waals surface area contributed by atoms with Crippen molar-refractivity contribution in [2.75, 3.05) is 32.1 Å². The van der Waals surface area contributed by atoms with Crippen molar-refractivity contribution in [2.24, 2.45) is 0 Å². The van der Waals surface area contributed by atoms with Gasteiger partial charge in [0, 0.05) is 29.9 Å². The van der Waals surface area contributed by atoms with E-state index in [4.69, 9.17) is 21.1 Å². The van der Waals surface area contributed by atoms with Crippen LogP contribution >= 0.6 is 11.6 Å². The number of rotatable bonds is 9. The predicted molar refractivity (Wildman–Crippen MR) is 115 cm³/mol. The molecule has 0 saturated carbocycles. The number of hydrogen-bond acceptors (Lipinski definition) is 4. The third-order valence-electron chi connectivity index (χ3n) is 4.36. The van der Waals surface area contributed by atoms with Crippen LogP contribution in [-0.4, -0.2) is 43.5 Å². The zero-order chi connectivity index (χ0) is 21.4. The number of carbonyl (C=O) groups excluding carboxylic acids is 2. The van der Waals surface area contributed by atoms with E-state index in [0.29, 0.717) is 53.0 Å². The van der Waals surface area contributed by atoms with Crippen molar-refractivity contribution in [1.82, 2.24) is 4.90 Å². The normalized spacial score (nSPS) is 10.4. The standard InChI is InChI=1S/C22H27ClN2O4/c1-5-11-29-20-18(23)13-16(14-19(20)28-4)21(26)24-17-10-8-9-15(12-17)22(27)25(6-2)7-3/h8-10,12-14H,5-7,11H2,1-4H3,(H,24,26). The highest BCUT2D eigenvalue weighted by molar-refractivity contribution is 6.32. The van der Waals surface area contributed by atoms with Gasteiger partial charge in [-0.15, -0.1) is 0 Å². The Labute approximate surface area is 176 Å². The van der Waals surface area contributed by atoms with E-state index in [1.165, 1.54) is 13.2 Å². The summed E-state index contributed by atoms with van der Waals surface area (Å²) < 4.78 is 10.9. The highest BCUT2D eigenvalue weighted by atomic mass is 35.5. The number of halogens is 1. The van der Waals surface area contributed by atoms with Crippen molar-refractivity contribution in [3.8, 4) is 11.5 Å². The molecule has 1 N–H and O–H groups in total. The molecule has 0 aromatic heterocycles. The van der Waals surface area contributed by atoms with Crippen LogP contribution < -0.4 is 14.8 Å². The van der Waals surface area contributed by atoms with E-state index >= 15 is 0 Å². The summed E-state index contributed by atoms with van der Waals surface area (Å²) in [6.07, 6.45) is 0.824. The first-order chi connectivity index (χ1) is 13.9. The molecule has 2 aromatic rings. The SMILES string of the molecule is CCCOc1c(Cl)cc(C(=O)Nc2cccc(C(=O)N(CC)CC)c2)cc1OC. The molecule has 0 atom stereocenters. The number of hydrogen-bond donors (Lipinski definition) is 1. The summed E-state index contributed by atoms with van der Waals surface area (Å²) in [5.41, 5.74) is 1.37. The number of nitrogens with zero attached hydrogens (tertiary/aromatic N) is 1. The van der Waals surface area contributed by atoms with E-state index in [0.717, 1.165) is 6.42 Å². The minimum Gasteiger partial charge on any atom is -0.493 e. The van der Waals surface area contributed by atoms with Gasteiger partial charge in [-0.3, -0.25) is 9.59 Å². The Hall–Kier alpha value is -2.73. The van der Waals surface area contributed by atoms with Gasteiger partial charge in [0.15, 0.2) is 11.5 Å². The van der Waals surface area contributed by atoms with Crippen LogP contribution in [0.4, 0.5) is 5.69 Å². The summed E-state index contributed by atoms with van der Waals surface area (Å²) in [5.74, 6) is 0.369. The zero-order valence-electron chi connectivity index (χ0n) is 17.3. The van der Waals surface area contributed by atoms with Crippen molar-refractivity contribution in [2.45, 2.75) is 27.2 Å². The van der Waals surface area contributed by atoms with Crippen molar-refractivity contribution in [1.29, 1.82) is 0 Å². The van der Waals surface area contributed by atoms with Crippen molar-refractivity contribution in [3.05, 3.63) is 52.5 Å². The quantitative estimate of drug-likeness (QED) is 0.630. The van der Waals surface area contributed by atoms with Gasteiger partial charge >= 0.3 is 0 Å². The van der Waals surface area contributed by atoms with Gasteiger partial charge in [0.05, 0.1) is 18.7 Å². The van der Waals surface area contributed by atoms with Crippen molar-refractivity contribution < 1.29 is 19.1 Å². The molecular formula is C22H27ClN2O4. The highest BCUT2D eigenvalue weighted by Crippen LogP contribution is 2.36. The van der Waals surface area contributed by atoms with Crippen LogP contribution in [0.5, 0.6) is 11.5 Å². The van der Waals surface area contributed by atoms with Gasteiger partial charge in [-0.05, 0) is 50.6 Å². The lowest BCUT2D eigenvalue weighted by Gasteiger charge is -2.19. The van der Waals surface area contributed by atoms with Crippen LogP contribution in [0.15, 0.2) is 36.4 Å². The summed E-state index contributed by atoms with van der Waals surface area (Å²) in [6.45, 7) is 7.58. The molecule has 156 valence electrons. The van der Waals surface area contributed by atoms with Gasteiger partial charge in [-0.1, -0.05) is 24.6 Å². The van der Waals surface area contributed by atoms with Gasteiger partial charge in [-0.2, -0.15) is 0 Å². The first-order valence-electron chi connectivity index (χ1n) is 9.66. The van der Waals surface area contributed by atoms with Crippen LogP contribution in [0.2, 0.25) is 5.02 Å². The molecule has 7 heteroatoms. The summed E-state index contributed by atoms with van der Waals surface area (Å²) in [6, 6.07) is 9.98. The Morgan fingerprint density at radius 2 is 1.79 bits per heavy atom. The molecule has 0 heterocycles. The van der Waals surface area contributed by atoms with Gasteiger partial charge < -0.3 is 19.7 Å². The third kappa shape index (κ3) is 5.64. The second-order valence-electron chi connectivity index (χ2n) is 6.35. The number of carbonyl (C=O) groups is 2. The lowest BCUT2D eigenvalue weighted by molar-refractivity contribution is 0.0772. The molecule has 0 saturated heterocycles. The third-order valence-corrected chi connectivity index (χ3v) is 4.64. The largest absolute Gasteiger partial charge is 0.493 e. The van der Waals surface area contributed by atoms with Crippen LogP contribution in [0.3, 0.4) is 0 Å². The van der Waals surface area contributed by atoms with E-state index in [1.54, 1.807) is 35.2 Å². The highest BCUT2D eigenvalue weighted by Gasteiger charge is 2.17. The van der Waals surface area contributed by atoms with Crippen molar-refractivity contribution in [3.63, 3.8) is 0 Å². The first-order valence-corrected chi connectivity index (χ1v) is 10.0. The molecule has 0 radical (unpaired) electrons. The average molecular weight is 419 g/mol. The molecule has 0 aliphatic rings. The fourth-order valence-electron chi connectivity index (χ4n) is 2.82. The second kappa shape index (κ2) is 10.7. The molecule has 2 rings (SSSR count). The smallest absolute Gasteiger partial charge is 0.255 e. The summed E-state index contributed by atoms with van der Waals surface area (Å²) >= 11 is 6.29. The van der Waals surface area contributed by atoms with E-state index in [-0.39, 0.29) is 11.8 Å². The molecule has 6 nitrogen and oxygen atoms in total. The number of methoxy groups -OCH3 is 1. The molecule has 0 aliphatic heterocycles. The maximum Gasteiger partial charge on any atom is 0.255 e. The Morgan fingerprint density at radius 1 is 1.07 bits per heavy atom. The molecule has 0 fully saturated rings. The number of anilines is 1. The molecule has 2 amide bonds. The number of ether oxygens (including phenoxy) is 2. The van der Waals surface area contributed by atoms with E-state index in [1.807, 2.05) is 20.8 Å². The molecule has 0 bridgehead atoms. The van der Waals surface area contributed by atoms with Gasteiger partial charge in [0.2, 0.25) is 0 Å². The number of nitrogens with one attached hydrogen (secondary N) is 1. The van der Waals surface area contributed by atoms with Gasteiger partial charge in [-0.25, -0.2) is 0 Å². The summed E-state index contributed by atoms with van der Waals surface area (Å²) in [5, 5.41) is 3.10. The molecule has 2 aromatic carbocycles. The number of amides is 2. The second-order valence-corrected chi connectivity index (χ2v) is 6.76. The van der Waals surface area contributed by atoms with Crippen LogP contribution in [-0.2, 0) is 0 Å². The van der Waals surface area contributed by atoms with Crippen LogP contribution in [0.1, 0.15) is 47.9 Å². The monoisotopic (exact) mass is 418 g/mol. The Bertz CT molecular complexity index is 866. The predicted octanol–water partition coefficient (Wildman–Crippen LogP) is 4.87. The molecule has 0 aliphatic carbocycles. The van der Waals surface area contributed by atoms with Crippen molar-refractivity contribution >= 4 is 29.1 Å². The van der Waals surface area contributed by atoms with Crippen LogP contribution in [0.25, 0.3) is 0 Å². The molecule has 0 unspecified atom stereocenters. The fourth-order valence-corrected chi connectivity index (χ4v) is 3.09. The average Bonchev–Trinajstić information content (AvgIpc) is 2.73. The minimum atomic E-state index is -0.361. The molecule has 29 heavy (non-hydrogen) atoms. The van der Waals surface area contributed by atoms with E-state index in [9.17, 15) is 9.59 Å². The van der Waals surface area contributed by atoms with Gasteiger partial charge in [0.25, 0.3) is 11.8 Å². The minimum absolute atomic E-state index is 0.0757. The maximum atomic E-state index is 12.7. The molecule has 0 spiro atoms. The summed E-state index contributed by atoms with van der Waals surface area (Å²) in [4.78, 5) is 27.0. The number of benzene rings is 2. The Kier molecular flexibility index (Phi) is 8.34. The lowest BCUT2D eigenvalue weighted by atomic mass is 10.1.